The minimum atomic E-state index is -0.122. The summed E-state index contributed by atoms with van der Waals surface area (Å²) in [5.74, 6) is 0. The minimum absolute atomic E-state index is 0.122. The summed E-state index contributed by atoms with van der Waals surface area (Å²) in [4.78, 5) is 10.4. The van der Waals surface area contributed by atoms with Gasteiger partial charge in [0.15, 0.2) is 0 Å². The van der Waals surface area contributed by atoms with E-state index < -0.39 is 0 Å². The van der Waals surface area contributed by atoms with Crippen molar-refractivity contribution in [3.63, 3.8) is 0 Å². The van der Waals surface area contributed by atoms with Gasteiger partial charge in [-0.3, -0.25) is 4.79 Å². The molecule has 0 atom stereocenters. The van der Waals surface area contributed by atoms with Crippen LogP contribution in [-0.2, 0) is 4.79 Å². The van der Waals surface area contributed by atoms with Crippen LogP contribution in [0.2, 0.25) is 0 Å². The highest BCUT2D eigenvalue weighted by atomic mass is 16.3. The molecule has 0 aromatic heterocycles. The molecular formula is C11H20O2. The maximum absolute atomic E-state index is 10.4. The fourth-order valence-corrected chi connectivity index (χ4v) is 1.25. The van der Waals surface area contributed by atoms with Crippen LogP contribution in [0.4, 0.5) is 0 Å². The largest absolute Gasteiger partial charge is 0.392 e. The van der Waals surface area contributed by atoms with Crippen LogP contribution in [0.3, 0.4) is 0 Å². The fourth-order valence-electron chi connectivity index (χ4n) is 1.25. The lowest BCUT2D eigenvalue weighted by Gasteiger charge is -2.03. The van der Waals surface area contributed by atoms with Crippen molar-refractivity contribution in [3.8, 4) is 0 Å². The number of aliphatic hydroxyl groups excluding tert-OH is 1. The summed E-state index contributed by atoms with van der Waals surface area (Å²) < 4.78 is 0. The Balaban J connectivity index is 3.76. The second-order valence-electron chi connectivity index (χ2n) is 3.39. The van der Waals surface area contributed by atoms with E-state index in [0.29, 0.717) is 5.57 Å². The zero-order chi connectivity index (χ0) is 10.1. The summed E-state index contributed by atoms with van der Waals surface area (Å²) in [5, 5.41) is 8.81. The highest BCUT2D eigenvalue weighted by Crippen LogP contribution is 2.12. The lowest BCUT2D eigenvalue weighted by Crippen LogP contribution is -1.96. The normalized spacial score (nSPS) is 12.5. The van der Waals surface area contributed by atoms with Gasteiger partial charge in [0, 0.05) is 5.57 Å². The first kappa shape index (κ1) is 12.4. The Kier molecular flexibility index (Phi) is 7.60. The summed E-state index contributed by atoms with van der Waals surface area (Å²) in [6.07, 6.45) is 6.51. The molecule has 0 bridgehead atoms. The summed E-state index contributed by atoms with van der Waals surface area (Å²) >= 11 is 0. The van der Waals surface area contributed by atoms with Crippen molar-refractivity contribution in [1.82, 2.24) is 0 Å². The van der Waals surface area contributed by atoms with Crippen molar-refractivity contribution in [1.29, 1.82) is 0 Å². The van der Waals surface area contributed by atoms with Gasteiger partial charge in [-0.1, -0.05) is 31.8 Å². The molecule has 0 saturated heterocycles. The zero-order valence-electron chi connectivity index (χ0n) is 8.68. The van der Waals surface area contributed by atoms with Crippen LogP contribution in [0, 0.1) is 0 Å². The van der Waals surface area contributed by atoms with Gasteiger partial charge in [0.2, 0.25) is 0 Å². The summed E-state index contributed by atoms with van der Waals surface area (Å²) in [7, 11) is 0. The minimum Gasteiger partial charge on any atom is -0.392 e. The third-order valence-electron chi connectivity index (χ3n) is 2.27. The molecule has 0 aliphatic carbocycles. The van der Waals surface area contributed by atoms with Crippen molar-refractivity contribution in [3.05, 3.63) is 11.1 Å². The smallest absolute Gasteiger partial charge is 0.148 e. The maximum Gasteiger partial charge on any atom is 0.148 e. The first-order valence-corrected chi connectivity index (χ1v) is 5.00. The van der Waals surface area contributed by atoms with Crippen molar-refractivity contribution < 1.29 is 9.90 Å². The number of hydrogen-bond donors (Lipinski definition) is 1. The van der Waals surface area contributed by atoms with E-state index in [4.69, 9.17) is 5.11 Å². The Morgan fingerprint density at radius 1 is 1.31 bits per heavy atom. The molecular weight excluding hydrogens is 164 g/mol. The van der Waals surface area contributed by atoms with E-state index in [1.165, 1.54) is 19.3 Å². The summed E-state index contributed by atoms with van der Waals surface area (Å²) in [5.41, 5.74) is 1.59. The number of hydrogen-bond acceptors (Lipinski definition) is 2. The number of rotatable bonds is 7. The van der Waals surface area contributed by atoms with Gasteiger partial charge >= 0.3 is 0 Å². The Labute approximate surface area is 80.7 Å². The zero-order valence-corrected chi connectivity index (χ0v) is 8.68. The lowest BCUT2D eigenvalue weighted by molar-refractivity contribution is -0.105. The second-order valence-corrected chi connectivity index (χ2v) is 3.39. The molecule has 0 radical (unpaired) electrons. The van der Waals surface area contributed by atoms with Crippen LogP contribution in [0.1, 0.15) is 46.0 Å². The highest BCUT2D eigenvalue weighted by Gasteiger charge is 1.99. The first-order valence-electron chi connectivity index (χ1n) is 5.00. The fraction of sp³-hybridized carbons (Fsp3) is 0.727. The molecule has 0 aliphatic heterocycles. The predicted octanol–water partition coefficient (Wildman–Crippen LogP) is 2.46. The average molecular weight is 184 g/mol. The number of aldehydes is 1. The standard InChI is InChI=1S/C11H20O2/c1-3-4-5-6-7-10(2)11(8-12)9-13/h8,13H,3-7,9H2,1-2H3/b11-10-. The van der Waals surface area contributed by atoms with E-state index in [-0.39, 0.29) is 6.61 Å². The monoisotopic (exact) mass is 184 g/mol. The Hall–Kier alpha value is -0.630. The van der Waals surface area contributed by atoms with Gasteiger partial charge in [-0.2, -0.15) is 0 Å². The van der Waals surface area contributed by atoms with E-state index in [0.717, 1.165) is 24.7 Å². The van der Waals surface area contributed by atoms with Crippen molar-refractivity contribution in [2.75, 3.05) is 6.61 Å². The number of unbranched alkanes of at least 4 members (excludes halogenated alkanes) is 3. The lowest BCUT2D eigenvalue weighted by atomic mass is 10.0. The molecule has 0 rings (SSSR count). The van der Waals surface area contributed by atoms with E-state index in [1.54, 1.807) is 0 Å². The molecule has 0 unspecified atom stereocenters. The topological polar surface area (TPSA) is 37.3 Å². The first-order chi connectivity index (χ1) is 6.26. The molecule has 0 aromatic carbocycles. The Morgan fingerprint density at radius 2 is 2.00 bits per heavy atom. The third-order valence-corrected chi connectivity index (χ3v) is 2.27. The Morgan fingerprint density at radius 3 is 2.46 bits per heavy atom. The summed E-state index contributed by atoms with van der Waals surface area (Å²) in [6, 6.07) is 0. The van der Waals surface area contributed by atoms with Gasteiger partial charge in [0.05, 0.1) is 6.61 Å². The van der Waals surface area contributed by atoms with E-state index in [1.807, 2.05) is 6.92 Å². The molecule has 0 spiro atoms. The molecule has 76 valence electrons. The van der Waals surface area contributed by atoms with Gasteiger partial charge in [-0.15, -0.1) is 0 Å². The van der Waals surface area contributed by atoms with Gasteiger partial charge < -0.3 is 5.11 Å². The quantitative estimate of drug-likeness (QED) is 0.375. The molecule has 0 aliphatic rings. The number of carbonyl (C=O) groups is 1. The number of aliphatic hydroxyl groups is 1. The molecule has 0 heterocycles. The van der Waals surface area contributed by atoms with E-state index >= 15 is 0 Å². The van der Waals surface area contributed by atoms with Crippen LogP contribution >= 0.6 is 0 Å². The third kappa shape index (κ3) is 5.58. The van der Waals surface area contributed by atoms with E-state index in [2.05, 4.69) is 6.92 Å². The SMILES string of the molecule is CCCCCC/C(C)=C(/C=O)CO. The van der Waals surface area contributed by atoms with Crippen molar-refractivity contribution in [2.45, 2.75) is 46.0 Å². The molecule has 0 aromatic rings. The maximum atomic E-state index is 10.4. The molecule has 0 saturated carbocycles. The van der Waals surface area contributed by atoms with Gasteiger partial charge in [-0.25, -0.2) is 0 Å². The molecule has 2 nitrogen and oxygen atoms in total. The molecule has 0 amide bonds. The molecule has 1 N–H and O–H groups in total. The van der Waals surface area contributed by atoms with Crippen molar-refractivity contribution in [2.24, 2.45) is 0 Å². The van der Waals surface area contributed by atoms with Crippen LogP contribution < -0.4 is 0 Å². The number of allylic oxidation sites excluding steroid dienone is 1. The van der Waals surface area contributed by atoms with E-state index in [9.17, 15) is 4.79 Å². The van der Waals surface area contributed by atoms with Gasteiger partial charge in [0.25, 0.3) is 0 Å². The van der Waals surface area contributed by atoms with Gasteiger partial charge in [0.1, 0.15) is 6.29 Å². The summed E-state index contributed by atoms with van der Waals surface area (Å²) in [6.45, 7) is 3.97. The predicted molar refractivity (Wildman–Crippen MR) is 54.6 cm³/mol. The van der Waals surface area contributed by atoms with Gasteiger partial charge in [-0.05, 0) is 19.8 Å². The molecule has 2 heteroatoms. The Bertz CT molecular complexity index is 171. The second kappa shape index (κ2) is 7.99. The molecule has 0 fully saturated rings. The highest BCUT2D eigenvalue weighted by molar-refractivity contribution is 5.74. The van der Waals surface area contributed by atoms with Crippen LogP contribution in [0.15, 0.2) is 11.1 Å². The van der Waals surface area contributed by atoms with Crippen LogP contribution in [0.25, 0.3) is 0 Å². The molecule has 13 heavy (non-hydrogen) atoms. The number of carbonyl (C=O) groups excluding carboxylic acids is 1. The average Bonchev–Trinajstić information content (AvgIpc) is 2.14. The van der Waals surface area contributed by atoms with Crippen LogP contribution in [0.5, 0.6) is 0 Å². The van der Waals surface area contributed by atoms with Crippen LogP contribution in [-0.4, -0.2) is 18.0 Å². The van der Waals surface area contributed by atoms with Crippen molar-refractivity contribution >= 4 is 6.29 Å².